The van der Waals surface area contributed by atoms with Gasteiger partial charge in [-0.05, 0) is 58.8 Å². The predicted octanol–water partition coefficient (Wildman–Crippen LogP) is 3.60. The molecule has 1 aliphatic rings. The quantitative estimate of drug-likeness (QED) is 0.734. The van der Waals surface area contributed by atoms with Crippen LogP contribution in [-0.4, -0.2) is 5.52 Å². The molecule has 0 radical (unpaired) electrons. The predicted molar refractivity (Wildman–Crippen MR) is 57.6 cm³/mol. The van der Waals surface area contributed by atoms with Crippen LogP contribution in [0.2, 0.25) is 0 Å². The highest BCUT2D eigenvalue weighted by molar-refractivity contribution is 9.09. The SMILES string of the molecule is Cc1ccc(C2CC2)c(OCBr)c1. The van der Waals surface area contributed by atoms with E-state index in [4.69, 9.17) is 4.74 Å². The van der Waals surface area contributed by atoms with Gasteiger partial charge in [-0.25, -0.2) is 0 Å². The first kappa shape index (κ1) is 9.07. The second-order valence-corrected chi connectivity index (χ2v) is 4.03. The van der Waals surface area contributed by atoms with E-state index in [1.54, 1.807) is 0 Å². The summed E-state index contributed by atoms with van der Waals surface area (Å²) in [6, 6.07) is 6.48. The van der Waals surface area contributed by atoms with Crippen LogP contribution in [-0.2, 0) is 0 Å². The zero-order chi connectivity index (χ0) is 9.26. The smallest absolute Gasteiger partial charge is 0.143 e. The largest absolute Gasteiger partial charge is 0.482 e. The summed E-state index contributed by atoms with van der Waals surface area (Å²) in [7, 11) is 0. The topological polar surface area (TPSA) is 9.23 Å². The third-order valence-electron chi connectivity index (χ3n) is 2.40. The van der Waals surface area contributed by atoms with Crippen LogP contribution in [0.3, 0.4) is 0 Å². The molecule has 1 aromatic carbocycles. The third kappa shape index (κ3) is 2.05. The summed E-state index contributed by atoms with van der Waals surface area (Å²) in [6.45, 7) is 2.10. The summed E-state index contributed by atoms with van der Waals surface area (Å²) in [5.74, 6) is 1.81. The Labute approximate surface area is 87.2 Å². The molecule has 0 bridgehead atoms. The molecule has 0 N–H and O–H groups in total. The Bertz CT molecular complexity index is 305. The minimum absolute atomic E-state index is 0.580. The van der Waals surface area contributed by atoms with Crippen molar-refractivity contribution in [3.05, 3.63) is 29.3 Å². The first-order valence-electron chi connectivity index (χ1n) is 4.60. The number of benzene rings is 1. The molecule has 0 aromatic heterocycles. The average molecular weight is 241 g/mol. The van der Waals surface area contributed by atoms with Crippen LogP contribution < -0.4 is 4.74 Å². The molecular weight excluding hydrogens is 228 g/mol. The van der Waals surface area contributed by atoms with Gasteiger partial charge >= 0.3 is 0 Å². The molecule has 1 aromatic rings. The molecule has 70 valence electrons. The molecule has 0 saturated heterocycles. The number of hydrogen-bond acceptors (Lipinski definition) is 1. The maximum absolute atomic E-state index is 5.54. The van der Waals surface area contributed by atoms with Crippen LogP contribution in [0.1, 0.15) is 29.9 Å². The maximum atomic E-state index is 5.54. The molecule has 0 unspecified atom stereocenters. The van der Waals surface area contributed by atoms with Crippen LogP contribution >= 0.6 is 15.9 Å². The van der Waals surface area contributed by atoms with E-state index in [0.717, 1.165) is 11.7 Å². The number of halogens is 1. The fourth-order valence-electron chi connectivity index (χ4n) is 1.56. The highest BCUT2D eigenvalue weighted by atomic mass is 79.9. The van der Waals surface area contributed by atoms with Gasteiger partial charge in [0.25, 0.3) is 0 Å². The highest BCUT2D eigenvalue weighted by Gasteiger charge is 2.26. The van der Waals surface area contributed by atoms with E-state index in [2.05, 4.69) is 41.1 Å². The first-order valence-corrected chi connectivity index (χ1v) is 5.72. The van der Waals surface area contributed by atoms with Crippen molar-refractivity contribution < 1.29 is 4.74 Å². The van der Waals surface area contributed by atoms with Gasteiger partial charge in [0, 0.05) is 0 Å². The Morgan fingerprint density at radius 3 is 2.85 bits per heavy atom. The molecule has 1 fully saturated rings. The molecule has 0 atom stereocenters. The van der Waals surface area contributed by atoms with E-state index in [0.29, 0.717) is 5.52 Å². The van der Waals surface area contributed by atoms with E-state index in [1.807, 2.05) is 0 Å². The van der Waals surface area contributed by atoms with Gasteiger partial charge in [0.05, 0.1) is 0 Å². The Morgan fingerprint density at radius 1 is 1.46 bits per heavy atom. The summed E-state index contributed by atoms with van der Waals surface area (Å²) in [4.78, 5) is 0. The summed E-state index contributed by atoms with van der Waals surface area (Å²) in [5.41, 5.74) is 3.22. The van der Waals surface area contributed by atoms with Gasteiger partial charge in [0.2, 0.25) is 0 Å². The van der Waals surface area contributed by atoms with Gasteiger partial charge in [-0.2, -0.15) is 0 Å². The molecule has 0 spiro atoms. The summed E-state index contributed by atoms with van der Waals surface area (Å²) < 4.78 is 5.54. The van der Waals surface area contributed by atoms with Gasteiger partial charge < -0.3 is 4.74 Å². The summed E-state index contributed by atoms with van der Waals surface area (Å²) in [6.07, 6.45) is 2.64. The lowest BCUT2D eigenvalue weighted by atomic mass is 10.1. The molecule has 2 rings (SSSR count). The van der Waals surface area contributed by atoms with Crippen molar-refractivity contribution in [2.45, 2.75) is 25.7 Å². The number of rotatable bonds is 3. The molecular formula is C11H13BrO. The minimum Gasteiger partial charge on any atom is -0.482 e. The van der Waals surface area contributed by atoms with Crippen molar-refractivity contribution in [1.82, 2.24) is 0 Å². The lowest BCUT2D eigenvalue weighted by Gasteiger charge is -2.09. The van der Waals surface area contributed by atoms with Crippen LogP contribution in [0.5, 0.6) is 5.75 Å². The molecule has 0 aliphatic heterocycles. The van der Waals surface area contributed by atoms with E-state index < -0.39 is 0 Å². The van der Waals surface area contributed by atoms with Crippen LogP contribution in [0, 0.1) is 6.92 Å². The van der Waals surface area contributed by atoms with E-state index >= 15 is 0 Å². The summed E-state index contributed by atoms with van der Waals surface area (Å²) in [5, 5.41) is 0. The average Bonchev–Trinajstić information content (AvgIpc) is 2.88. The Hall–Kier alpha value is -0.500. The van der Waals surface area contributed by atoms with Gasteiger partial charge in [0.1, 0.15) is 11.3 Å². The number of alkyl halides is 1. The van der Waals surface area contributed by atoms with Crippen LogP contribution in [0.25, 0.3) is 0 Å². The minimum atomic E-state index is 0.580. The fourth-order valence-corrected chi connectivity index (χ4v) is 1.80. The Balaban J connectivity index is 2.30. The molecule has 1 aliphatic carbocycles. The van der Waals surface area contributed by atoms with Crippen molar-refractivity contribution in [3.63, 3.8) is 0 Å². The van der Waals surface area contributed by atoms with Gasteiger partial charge in [-0.3, -0.25) is 0 Å². The third-order valence-corrected chi connectivity index (χ3v) is 2.63. The van der Waals surface area contributed by atoms with Crippen molar-refractivity contribution >= 4 is 15.9 Å². The molecule has 2 heteroatoms. The van der Waals surface area contributed by atoms with Crippen molar-refractivity contribution in [1.29, 1.82) is 0 Å². The standard InChI is InChI=1S/C11H13BrO/c1-8-2-5-10(9-3-4-9)11(6-8)13-7-12/h2,5-6,9H,3-4,7H2,1H3. The normalized spacial score (nSPS) is 15.8. The zero-order valence-corrected chi connectivity index (χ0v) is 9.30. The number of hydrogen-bond donors (Lipinski definition) is 0. The van der Waals surface area contributed by atoms with Crippen molar-refractivity contribution in [2.24, 2.45) is 0 Å². The monoisotopic (exact) mass is 240 g/mol. The number of aryl methyl sites for hydroxylation is 1. The lowest BCUT2D eigenvalue weighted by Crippen LogP contribution is -1.94. The van der Waals surface area contributed by atoms with E-state index in [-0.39, 0.29) is 0 Å². The van der Waals surface area contributed by atoms with Crippen molar-refractivity contribution in [3.8, 4) is 5.75 Å². The van der Waals surface area contributed by atoms with E-state index in [9.17, 15) is 0 Å². The zero-order valence-electron chi connectivity index (χ0n) is 7.72. The second kappa shape index (κ2) is 3.70. The Morgan fingerprint density at radius 2 is 2.23 bits per heavy atom. The van der Waals surface area contributed by atoms with Gasteiger partial charge in [-0.1, -0.05) is 12.1 Å². The fraction of sp³-hybridized carbons (Fsp3) is 0.455. The maximum Gasteiger partial charge on any atom is 0.143 e. The molecule has 13 heavy (non-hydrogen) atoms. The van der Waals surface area contributed by atoms with Gasteiger partial charge in [0.15, 0.2) is 0 Å². The van der Waals surface area contributed by atoms with E-state index in [1.165, 1.54) is 24.0 Å². The van der Waals surface area contributed by atoms with Crippen LogP contribution in [0.15, 0.2) is 18.2 Å². The number of ether oxygens (including phenoxy) is 1. The molecule has 1 nitrogen and oxygen atoms in total. The van der Waals surface area contributed by atoms with Gasteiger partial charge in [-0.15, -0.1) is 0 Å². The van der Waals surface area contributed by atoms with Crippen LogP contribution in [0.4, 0.5) is 0 Å². The second-order valence-electron chi connectivity index (χ2n) is 3.57. The molecule has 0 amide bonds. The Kier molecular flexibility index (Phi) is 2.58. The summed E-state index contributed by atoms with van der Waals surface area (Å²) >= 11 is 3.29. The molecule has 1 saturated carbocycles. The highest BCUT2D eigenvalue weighted by Crippen LogP contribution is 2.44. The van der Waals surface area contributed by atoms with Crippen molar-refractivity contribution in [2.75, 3.05) is 5.52 Å². The lowest BCUT2D eigenvalue weighted by molar-refractivity contribution is 0.393. The first-order chi connectivity index (χ1) is 6.31. The molecule has 0 heterocycles.